The Bertz CT molecular complexity index is 913. The quantitative estimate of drug-likeness (QED) is 0.888. The van der Waals surface area contributed by atoms with Crippen LogP contribution in [-0.2, 0) is 6.42 Å². The SMILES string of the molecule is COc1cc2c(cc1OC)-c1cc(=O)c(C(=O)O)cn1[C@H](CC(C)C)C2. The molecule has 0 saturated carbocycles. The van der Waals surface area contributed by atoms with Crippen molar-refractivity contribution in [2.75, 3.05) is 14.2 Å². The maximum atomic E-state index is 12.3. The molecule has 0 bridgehead atoms. The summed E-state index contributed by atoms with van der Waals surface area (Å²) < 4.78 is 12.7. The molecule has 2 heterocycles. The van der Waals surface area contributed by atoms with Gasteiger partial charge < -0.3 is 19.1 Å². The van der Waals surface area contributed by atoms with E-state index in [2.05, 4.69) is 13.8 Å². The Morgan fingerprint density at radius 3 is 2.46 bits per heavy atom. The molecule has 0 spiro atoms. The first-order valence-electron chi connectivity index (χ1n) is 8.60. The van der Waals surface area contributed by atoms with Gasteiger partial charge in [0.15, 0.2) is 16.9 Å². The molecule has 1 aromatic carbocycles. The van der Waals surface area contributed by atoms with Gasteiger partial charge in [-0.2, -0.15) is 0 Å². The van der Waals surface area contributed by atoms with Crippen LogP contribution in [0, 0.1) is 5.92 Å². The molecule has 0 saturated heterocycles. The normalized spacial score (nSPS) is 15.3. The standard InChI is InChI=1S/C20H23NO5/c1-11(2)5-13-6-12-7-18(25-3)19(26-4)8-14(12)16-9-17(22)15(20(23)24)10-21(13)16/h7-11,13H,5-6H2,1-4H3,(H,23,24)/t13-/m1/s1. The summed E-state index contributed by atoms with van der Waals surface area (Å²) in [6.45, 7) is 4.26. The number of methoxy groups -OCH3 is 2. The Labute approximate surface area is 152 Å². The minimum absolute atomic E-state index is 0.0781. The average molecular weight is 357 g/mol. The molecule has 0 amide bonds. The van der Waals surface area contributed by atoms with Crippen molar-refractivity contribution in [1.82, 2.24) is 4.57 Å². The average Bonchev–Trinajstić information content (AvgIpc) is 2.59. The Morgan fingerprint density at radius 1 is 1.23 bits per heavy atom. The van der Waals surface area contributed by atoms with Gasteiger partial charge in [-0.1, -0.05) is 13.8 Å². The summed E-state index contributed by atoms with van der Waals surface area (Å²) in [6.07, 6.45) is 3.10. The zero-order valence-electron chi connectivity index (χ0n) is 15.4. The van der Waals surface area contributed by atoms with Crippen LogP contribution in [0.5, 0.6) is 11.5 Å². The Balaban J connectivity index is 2.26. The molecule has 1 aliphatic heterocycles. The lowest BCUT2D eigenvalue weighted by Gasteiger charge is -2.32. The number of aromatic nitrogens is 1. The molecule has 3 rings (SSSR count). The van der Waals surface area contributed by atoms with E-state index in [-0.39, 0.29) is 11.6 Å². The van der Waals surface area contributed by atoms with Crippen molar-refractivity contribution < 1.29 is 19.4 Å². The van der Waals surface area contributed by atoms with Crippen molar-refractivity contribution in [3.8, 4) is 22.8 Å². The molecule has 138 valence electrons. The van der Waals surface area contributed by atoms with Gasteiger partial charge in [0.05, 0.1) is 19.9 Å². The van der Waals surface area contributed by atoms with E-state index < -0.39 is 11.4 Å². The number of rotatable bonds is 5. The fourth-order valence-corrected chi connectivity index (χ4v) is 3.65. The molecular formula is C20H23NO5. The molecule has 1 atom stereocenters. The number of hydrogen-bond acceptors (Lipinski definition) is 4. The zero-order chi connectivity index (χ0) is 19.0. The van der Waals surface area contributed by atoms with Gasteiger partial charge in [-0.05, 0) is 36.5 Å². The third-order valence-corrected chi connectivity index (χ3v) is 4.79. The molecule has 26 heavy (non-hydrogen) atoms. The number of aromatic carboxylic acids is 1. The summed E-state index contributed by atoms with van der Waals surface area (Å²) in [5.74, 6) is 0.455. The third kappa shape index (κ3) is 3.07. The lowest BCUT2D eigenvalue weighted by molar-refractivity contribution is 0.0694. The fourth-order valence-electron chi connectivity index (χ4n) is 3.65. The molecule has 6 nitrogen and oxygen atoms in total. The highest BCUT2D eigenvalue weighted by atomic mass is 16.5. The zero-order valence-corrected chi connectivity index (χ0v) is 15.4. The van der Waals surface area contributed by atoms with Crippen LogP contribution in [0.2, 0.25) is 0 Å². The summed E-state index contributed by atoms with van der Waals surface area (Å²) in [4.78, 5) is 23.7. The second-order valence-electron chi connectivity index (χ2n) is 7.00. The largest absolute Gasteiger partial charge is 0.493 e. The number of hydrogen-bond donors (Lipinski definition) is 1. The van der Waals surface area contributed by atoms with Crippen molar-refractivity contribution in [3.63, 3.8) is 0 Å². The van der Waals surface area contributed by atoms with E-state index in [4.69, 9.17) is 9.47 Å². The topological polar surface area (TPSA) is 77.8 Å². The minimum Gasteiger partial charge on any atom is -0.493 e. The van der Waals surface area contributed by atoms with Gasteiger partial charge in [0, 0.05) is 23.9 Å². The van der Waals surface area contributed by atoms with Crippen molar-refractivity contribution in [1.29, 1.82) is 0 Å². The van der Waals surface area contributed by atoms with Gasteiger partial charge in [0.2, 0.25) is 0 Å². The summed E-state index contributed by atoms with van der Waals surface area (Å²) in [5.41, 5.74) is 1.96. The summed E-state index contributed by atoms with van der Waals surface area (Å²) >= 11 is 0. The van der Waals surface area contributed by atoms with Crippen LogP contribution in [0.25, 0.3) is 11.3 Å². The Hall–Kier alpha value is -2.76. The minimum atomic E-state index is -1.20. The van der Waals surface area contributed by atoms with E-state index in [0.717, 1.165) is 24.0 Å². The van der Waals surface area contributed by atoms with E-state index in [1.165, 1.54) is 12.3 Å². The molecule has 0 aliphatic carbocycles. The highest BCUT2D eigenvalue weighted by molar-refractivity contribution is 5.87. The second kappa shape index (κ2) is 6.86. The molecule has 1 N–H and O–H groups in total. The van der Waals surface area contributed by atoms with E-state index >= 15 is 0 Å². The number of carbonyl (C=O) groups is 1. The van der Waals surface area contributed by atoms with Crippen LogP contribution >= 0.6 is 0 Å². The number of nitrogens with zero attached hydrogens (tertiary/aromatic N) is 1. The number of pyridine rings is 1. The molecule has 1 aromatic heterocycles. The maximum absolute atomic E-state index is 12.3. The number of fused-ring (bicyclic) bond motifs is 3. The van der Waals surface area contributed by atoms with Crippen LogP contribution < -0.4 is 14.9 Å². The van der Waals surface area contributed by atoms with E-state index in [1.54, 1.807) is 14.2 Å². The monoisotopic (exact) mass is 357 g/mol. The Kier molecular flexibility index (Phi) is 4.76. The van der Waals surface area contributed by atoms with Crippen LogP contribution in [0.3, 0.4) is 0 Å². The van der Waals surface area contributed by atoms with Crippen LogP contribution in [0.15, 0.2) is 29.2 Å². The number of carboxylic acid groups (broad SMARTS) is 1. The second-order valence-corrected chi connectivity index (χ2v) is 7.00. The van der Waals surface area contributed by atoms with Gasteiger partial charge in [-0.3, -0.25) is 4.79 Å². The molecule has 2 aromatic rings. The van der Waals surface area contributed by atoms with Crippen molar-refractivity contribution in [2.24, 2.45) is 5.92 Å². The first kappa shape index (κ1) is 18.0. The van der Waals surface area contributed by atoms with Gasteiger partial charge in [-0.15, -0.1) is 0 Å². The van der Waals surface area contributed by atoms with Crippen LogP contribution in [0.1, 0.15) is 42.2 Å². The van der Waals surface area contributed by atoms with E-state index in [0.29, 0.717) is 23.1 Å². The number of ether oxygens (including phenoxy) is 2. The predicted octanol–water partition coefficient (Wildman–Crippen LogP) is 3.37. The van der Waals surface area contributed by atoms with Crippen LogP contribution in [0.4, 0.5) is 0 Å². The van der Waals surface area contributed by atoms with Gasteiger partial charge in [-0.25, -0.2) is 4.79 Å². The summed E-state index contributed by atoms with van der Waals surface area (Å²) in [6, 6.07) is 5.29. The molecule has 0 fully saturated rings. The molecule has 6 heteroatoms. The van der Waals surface area contributed by atoms with Gasteiger partial charge in [0.1, 0.15) is 5.56 Å². The van der Waals surface area contributed by atoms with Crippen molar-refractivity contribution in [3.05, 3.63) is 45.7 Å². The molecule has 1 aliphatic rings. The lowest BCUT2D eigenvalue weighted by atomic mass is 9.88. The smallest absolute Gasteiger partial charge is 0.341 e. The van der Waals surface area contributed by atoms with Crippen molar-refractivity contribution >= 4 is 5.97 Å². The fraction of sp³-hybridized carbons (Fsp3) is 0.400. The molecule has 0 unspecified atom stereocenters. The van der Waals surface area contributed by atoms with Gasteiger partial charge >= 0.3 is 5.97 Å². The predicted molar refractivity (Wildman–Crippen MR) is 98.4 cm³/mol. The van der Waals surface area contributed by atoms with Gasteiger partial charge in [0.25, 0.3) is 0 Å². The molecular weight excluding hydrogens is 334 g/mol. The van der Waals surface area contributed by atoms with Crippen molar-refractivity contribution in [2.45, 2.75) is 32.7 Å². The third-order valence-electron chi connectivity index (χ3n) is 4.79. The highest BCUT2D eigenvalue weighted by Gasteiger charge is 2.28. The Morgan fingerprint density at radius 2 is 1.88 bits per heavy atom. The summed E-state index contributed by atoms with van der Waals surface area (Å²) in [7, 11) is 3.16. The summed E-state index contributed by atoms with van der Waals surface area (Å²) in [5, 5.41) is 9.33. The maximum Gasteiger partial charge on any atom is 0.341 e. The highest BCUT2D eigenvalue weighted by Crippen LogP contribution is 2.42. The van der Waals surface area contributed by atoms with E-state index in [1.807, 2.05) is 16.7 Å². The number of benzene rings is 1. The lowest BCUT2D eigenvalue weighted by Crippen LogP contribution is -2.26. The first-order valence-corrected chi connectivity index (χ1v) is 8.60. The van der Waals surface area contributed by atoms with Crippen LogP contribution in [-0.4, -0.2) is 29.9 Å². The van der Waals surface area contributed by atoms with E-state index in [9.17, 15) is 14.7 Å². The first-order chi connectivity index (χ1) is 12.3. The molecule has 0 radical (unpaired) electrons. The number of carboxylic acids is 1.